The number of aryl methyl sites for hydroxylation is 1. The lowest BCUT2D eigenvalue weighted by Gasteiger charge is -2.04. The van der Waals surface area contributed by atoms with Gasteiger partial charge in [-0.1, -0.05) is 22.0 Å². The Labute approximate surface area is 121 Å². The molecule has 0 bridgehead atoms. The zero-order chi connectivity index (χ0) is 12.4. The Morgan fingerprint density at radius 3 is 2.65 bits per heavy atom. The number of hydrogen-bond acceptors (Lipinski definition) is 2. The van der Waals surface area contributed by atoms with Gasteiger partial charge in [-0.15, -0.1) is 11.3 Å². The van der Waals surface area contributed by atoms with Gasteiger partial charge in [-0.3, -0.25) is 4.79 Å². The van der Waals surface area contributed by atoms with E-state index < -0.39 is 0 Å². The van der Waals surface area contributed by atoms with Crippen molar-refractivity contribution in [2.45, 2.75) is 13.3 Å². The van der Waals surface area contributed by atoms with E-state index in [2.05, 4.69) is 31.9 Å². The second-order valence-corrected chi connectivity index (χ2v) is 6.62. The largest absolute Gasteiger partial charge is 0.294 e. The summed E-state index contributed by atoms with van der Waals surface area (Å²) < 4.78 is 1.98. The predicted octanol–water partition coefficient (Wildman–Crippen LogP) is 5.01. The number of thiophene rings is 1. The Hall–Kier alpha value is -0.450. The Kier molecular flexibility index (Phi) is 4.17. The van der Waals surface area contributed by atoms with Gasteiger partial charge in [-0.05, 0) is 46.6 Å². The molecule has 1 aromatic carbocycles. The maximum Gasteiger partial charge on any atom is 0.168 e. The second kappa shape index (κ2) is 5.46. The molecule has 0 unspecified atom stereocenters. The van der Waals surface area contributed by atoms with Crippen molar-refractivity contribution >= 4 is 49.0 Å². The molecule has 88 valence electrons. The second-order valence-electron chi connectivity index (χ2n) is 3.79. The summed E-state index contributed by atoms with van der Waals surface area (Å²) in [6.45, 7) is 1.96. The molecule has 1 heterocycles. The summed E-state index contributed by atoms with van der Waals surface area (Å²) >= 11 is 8.40. The van der Waals surface area contributed by atoms with Crippen LogP contribution in [0.4, 0.5) is 0 Å². The number of halogens is 2. The molecule has 0 radical (unpaired) electrons. The molecule has 0 N–H and O–H groups in total. The lowest BCUT2D eigenvalue weighted by Crippen LogP contribution is -2.04. The van der Waals surface area contributed by atoms with E-state index in [1.54, 1.807) is 11.3 Å². The average molecular weight is 374 g/mol. The van der Waals surface area contributed by atoms with Crippen molar-refractivity contribution in [1.29, 1.82) is 0 Å². The molecule has 0 aliphatic heterocycles. The number of carbonyl (C=O) groups is 1. The molecule has 2 aromatic rings. The smallest absolute Gasteiger partial charge is 0.168 e. The molecule has 2 rings (SSSR count). The van der Waals surface area contributed by atoms with E-state index in [9.17, 15) is 4.79 Å². The summed E-state index contributed by atoms with van der Waals surface area (Å²) in [5.74, 6) is 0.165. The highest BCUT2D eigenvalue weighted by Crippen LogP contribution is 2.23. The summed E-state index contributed by atoms with van der Waals surface area (Å²) in [5.41, 5.74) is 1.82. The number of hydrogen-bond donors (Lipinski definition) is 0. The van der Waals surface area contributed by atoms with Gasteiger partial charge in [-0.2, -0.15) is 0 Å². The monoisotopic (exact) mass is 372 g/mol. The van der Waals surface area contributed by atoms with E-state index in [1.807, 2.05) is 36.6 Å². The molecule has 4 heteroatoms. The van der Waals surface area contributed by atoms with Crippen LogP contribution in [0.3, 0.4) is 0 Å². The van der Waals surface area contributed by atoms with Crippen molar-refractivity contribution in [3.63, 3.8) is 0 Å². The normalized spacial score (nSPS) is 10.5. The maximum atomic E-state index is 12.2. The molecular formula is C13H10Br2OS. The first kappa shape index (κ1) is 13.0. The zero-order valence-corrected chi connectivity index (χ0v) is 13.2. The van der Waals surface area contributed by atoms with Crippen molar-refractivity contribution in [3.05, 3.63) is 54.6 Å². The lowest BCUT2D eigenvalue weighted by molar-refractivity contribution is 0.0993. The first-order valence-electron chi connectivity index (χ1n) is 5.08. The molecule has 17 heavy (non-hydrogen) atoms. The summed E-state index contributed by atoms with van der Waals surface area (Å²) in [6, 6.07) is 7.80. The molecule has 0 spiro atoms. The van der Waals surface area contributed by atoms with Crippen molar-refractivity contribution in [2.75, 3.05) is 0 Å². The van der Waals surface area contributed by atoms with Gasteiger partial charge in [0.2, 0.25) is 0 Å². The van der Waals surface area contributed by atoms with Crippen LogP contribution in [0.15, 0.2) is 38.6 Å². The van der Waals surface area contributed by atoms with Gasteiger partial charge in [0.25, 0.3) is 0 Å². The summed E-state index contributed by atoms with van der Waals surface area (Å²) in [4.78, 5) is 13.3. The third kappa shape index (κ3) is 3.27. The quantitative estimate of drug-likeness (QED) is 0.691. The van der Waals surface area contributed by atoms with Crippen LogP contribution in [0.25, 0.3) is 0 Å². The van der Waals surface area contributed by atoms with Gasteiger partial charge < -0.3 is 0 Å². The van der Waals surface area contributed by atoms with Crippen LogP contribution in [0, 0.1) is 6.92 Å². The molecular weight excluding hydrogens is 364 g/mol. The highest BCUT2D eigenvalue weighted by Gasteiger charge is 2.11. The van der Waals surface area contributed by atoms with Gasteiger partial charge in [0.15, 0.2) is 5.78 Å². The number of benzene rings is 1. The van der Waals surface area contributed by atoms with Gasteiger partial charge in [0, 0.05) is 31.2 Å². The van der Waals surface area contributed by atoms with E-state index in [4.69, 9.17) is 0 Å². The molecule has 1 nitrogen and oxygen atoms in total. The minimum atomic E-state index is 0.165. The maximum absolute atomic E-state index is 12.2. The minimum Gasteiger partial charge on any atom is -0.294 e. The van der Waals surface area contributed by atoms with Crippen LogP contribution in [-0.2, 0) is 6.42 Å². The van der Waals surface area contributed by atoms with Gasteiger partial charge >= 0.3 is 0 Å². The molecule has 0 saturated heterocycles. The van der Waals surface area contributed by atoms with Crippen LogP contribution in [0.2, 0.25) is 0 Å². The first-order chi connectivity index (χ1) is 8.06. The van der Waals surface area contributed by atoms with E-state index in [0.29, 0.717) is 6.42 Å². The number of Topliss-reactive ketones (excluding diaryl/α,β-unsaturated/α-hetero) is 1. The topological polar surface area (TPSA) is 17.1 Å². The molecule has 1 aromatic heterocycles. The van der Waals surface area contributed by atoms with Gasteiger partial charge in [-0.25, -0.2) is 0 Å². The molecule has 0 fully saturated rings. The first-order valence-corrected chi connectivity index (χ1v) is 7.55. The molecule has 0 atom stereocenters. The van der Waals surface area contributed by atoms with Crippen LogP contribution in [-0.4, -0.2) is 5.78 Å². The fourth-order valence-electron chi connectivity index (χ4n) is 1.59. The third-order valence-electron chi connectivity index (χ3n) is 2.46. The van der Waals surface area contributed by atoms with Crippen molar-refractivity contribution in [3.8, 4) is 0 Å². The van der Waals surface area contributed by atoms with Crippen molar-refractivity contribution < 1.29 is 4.79 Å². The van der Waals surface area contributed by atoms with Gasteiger partial charge in [0.05, 0.1) is 0 Å². The number of carbonyl (C=O) groups excluding carboxylic acids is 1. The van der Waals surface area contributed by atoms with Crippen LogP contribution >= 0.6 is 43.2 Å². The highest BCUT2D eigenvalue weighted by molar-refractivity contribution is 9.10. The lowest BCUT2D eigenvalue weighted by atomic mass is 10.0. The van der Waals surface area contributed by atoms with Crippen LogP contribution in [0.1, 0.15) is 20.8 Å². The number of ketones is 1. The SMILES string of the molecule is Cc1ccc(Br)cc1C(=O)Cc1cc(Br)cs1. The van der Waals surface area contributed by atoms with Crippen LogP contribution in [0.5, 0.6) is 0 Å². The highest BCUT2D eigenvalue weighted by atomic mass is 79.9. The standard InChI is InChI=1S/C13H10Br2OS/c1-8-2-3-9(14)5-12(8)13(16)6-11-4-10(15)7-17-11/h2-5,7H,6H2,1H3. The molecule has 0 saturated carbocycles. The predicted molar refractivity (Wildman–Crippen MR) is 78.9 cm³/mol. The minimum absolute atomic E-state index is 0.165. The third-order valence-corrected chi connectivity index (χ3v) is 4.65. The average Bonchev–Trinajstić information content (AvgIpc) is 2.67. The Morgan fingerprint density at radius 2 is 2.00 bits per heavy atom. The van der Waals surface area contributed by atoms with E-state index in [-0.39, 0.29) is 5.78 Å². The Balaban J connectivity index is 2.22. The molecule has 0 amide bonds. The fourth-order valence-corrected chi connectivity index (χ4v) is 3.41. The van der Waals surface area contributed by atoms with Crippen LogP contribution < -0.4 is 0 Å². The van der Waals surface area contributed by atoms with Gasteiger partial charge in [0.1, 0.15) is 0 Å². The number of rotatable bonds is 3. The van der Waals surface area contributed by atoms with Crippen molar-refractivity contribution in [1.82, 2.24) is 0 Å². The summed E-state index contributed by atoms with van der Waals surface area (Å²) in [7, 11) is 0. The van der Waals surface area contributed by atoms with Crippen molar-refractivity contribution in [2.24, 2.45) is 0 Å². The molecule has 0 aliphatic carbocycles. The van der Waals surface area contributed by atoms with E-state index >= 15 is 0 Å². The Morgan fingerprint density at radius 1 is 1.24 bits per heavy atom. The van der Waals surface area contributed by atoms with E-state index in [0.717, 1.165) is 24.9 Å². The summed E-state index contributed by atoms with van der Waals surface area (Å²) in [6.07, 6.45) is 0.466. The molecule has 0 aliphatic rings. The summed E-state index contributed by atoms with van der Waals surface area (Å²) in [5, 5.41) is 2.00. The Bertz CT molecular complexity index is 560. The zero-order valence-electron chi connectivity index (χ0n) is 9.17. The van der Waals surface area contributed by atoms with E-state index in [1.165, 1.54) is 0 Å². The fraction of sp³-hybridized carbons (Fsp3) is 0.154.